The number of nitrogens with zero attached hydrogens (tertiary/aromatic N) is 1. The number of guanidine groups is 1. The van der Waals surface area contributed by atoms with Gasteiger partial charge in [0.05, 0.1) is 12.8 Å². The number of nitrogens with two attached hydrogens (primary N) is 1. The van der Waals surface area contributed by atoms with Crippen molar-refractivity contribution >= 4 is 29.9 Å². The Morgan fingerprint density at radius 3 is 2.83 bits per heavy atom. The van der Waals surface area contributed by atoms with Crippen LogP contribution in [0.4, 0.5) is 0 Å². The van der Waals surface area contributed by atoms with E-state index in [0.29, 0.717) is 17.6 Å². The first kappa shape index (κ1) is 17.2. The summed E-state index contributed by atoms with van der Waals surface area (Å²) in [6, 6.07) is 3.44. The third kappa shape index (κ3) is 6.85. The van der Waals surface area contributed by atoms with Crippen LogP contribution in [0.5, 0.6) is 0 Å². The summed E-state index contributed by atoms with van der Waals surface area (Å²) >= 11 is 0. The van der Waals surface area contributed by atoms with Crippen LogP contribution in [0.3, 0.4) is 0 Å². The zero-order chi connectivity index (χ0) is 12.7. The van der Waals surface area contributed by atoms with Crippen LogP contribution in [-0.2, 0) is 0 Å². The number of halogens is 1. The lowest BCUT2D eigenvalue weighted by Crippen LogP contribution is -2.33. The molecule has 0 aliphatic rings. The van der Waals surface area contributed by atoms with Crippen LogP contribution in [0.25, 0.3) is 0 Å². The molecule has 1 aromatic heterocycles. The monoisotopic (exact) mass is 367 g/mol. The van der Waals surface area contributed by atoms with Crippen molar-refractivity contribution in [2.24, 2.45) is 16.6 Å². The largest absolute Gasteiger partial charge is 0.467 e. The van der Waals surface area contributed by atoms with E-state index in [4.69, 9.17) is 10.2 Å². The molecule has 104 valence electrons. The van der Waals surface area contributed by atoms with E-state index < -0.39 is 6.10 Å². The molecular weight excluding hydrogens is 345 g/mol. The summed E-state index contributed by atoms with van der Waals surface area (Å²) in [6.07, 6.45) is 1.82. The third-order valence-corrected chi connectivity index (χ3v) is 2.33. The Balaban J connectivity index is 0.00000289. The average Bonchev–Trinajstić information content (AvgIpc) is 2.78. The Bertz CT molecular complexity index is 339. The highest BCUT2D eigenvalue weighted by Gasteiger charge is 2.09. The van der Waals surface area contributed by atoms with E-state index in [2.05, 4.69) is 24.2 Å². The first-order chi connectivity index (χ1) is 8.09. The summed E-state index contributed by atoms with van der Waals surface area (Å²) < 4.78 is 5.06. The lowest BCUT2D eigenvalue weighted by Gasteiger charge is -2.08. The van der Waals surface area contributed by atoms with Gasteiger partial charge >= 0.3 is 0 Å². The quantitative estimate of drug-likeness (QED) is 0.407. The van der Waals surface area contributed by atoms with Gasteiger partial charge in [-0.15, -0.1) is 24.0 Å². The van der Waals surface area contributed by atoms with E-state index in [1.54, 1.807) is 12.1 Å². The second-order valence-electron chi connectivity index (χ2n) is 4.37. The molecule has 1 unspecified atom stereocenters. The van der Waals surface area contributed by atoms with E-state index in [1.165, 1.54) is 6.26 Å². The highest BCUT2D eigenvalue weighted by atomic mass is 127. The molecule has 0 fully saturated rings. The summed E-state index contributed by atoms with van der Waals surface area (Å²) in [5, 5.41) is 12.7. The minimum atomic E-state index is -0.740. The molecule has 5 nitrogen and oxygen atoms in total. The lowest BCUT2D eigenvalue weighted by molar-refractivity contribution is 0.158. The van der Waals surface area contributed by atoms with Gasteiger partial charge in [0.25, 0.3) is 0 Å². The second-order valence-corrected chi connectivity index (χ2v) is 4.37. The van der Waals surface area contributed by atoms with Crippen LogP contribution in [0.15, 0.2) is 27.8 Å². The molecule has 1 atom stereocenters. The third-order valence-electron chi connectivity index (χ3n) is 2.33. The number of hydrogen-bond acceptors (Lipinski definition) is 3. The standard InChI is InChI=1S/C12H21N3O2.HI/c1-9(2)5-6-14-12(13)15-8-10(16)11-4-3-7-17-11;/h3-4,7,9-10,16H,5-6,8H2,1-2H3,(H3,13,14,15);1H. The first-order valence-electron chi connectivity index (χ1n) is 5.85. The van der Waals surface area contributed by atoms with Gasteiger partial charge in [0.2, 0.25) is 0 Å². The van der Waals surface area contributed by atoms with Crippen LogP contribution < -0.4 is 11.1 Å². The van der Waals surface area contributed by atoms with E-state index in [0.717, 1.165) is 13.0 Å². The van der Waals surface area contributed by atoms with Gasteiger partial charge in [-0.25, -0.2) is 0 Å². The van der Waals surface area contributed by atoms with Gasteiger partial charge < -0.3 is 20.6 Å². The predicted molar refractivity (Wildman–Crippen MR) is 83.0 cm³/mol. The van der Waals surface area contributed by atoms with Crippen molar-refractivity contribution in [3.8, 4) is 0 Å². The molecule has 0 spiro atoms. The summed E-state index contributed by atoms with van der Waals surface area (Å²) in [6.45, 7) is 5.29. The molecule has 1 rings (SSSR count). The Morgan fingerprint density at radius 1 is 1.56 bits per heavy atom. The fourth-order valence-electron chi connectivity index (χ4n) is 1.30. The van der Waals surface area contributed by atoms with Crippen molar-refractivity contribution in [3.63, 3.8) is 0 Å². The van der Waals surface area contributed by atoms with Crippen molar-refractivity contribution in [1.82, 2.24) is 5.32 Å². The van der Waals surface area contributed by atoms with Crippen molar-refractivity contribution in [2.75, 3.05) is 13.1 Å². The van der Waals surface area contributed by atoms with Crippen LogP contribution in [-0.4, -0.2) is 24.2 Å². The van der Waals surface area contributed by atoms with Crippen molar-refractivity contribution in [1.29, 1.82) is 0 Å². The molecule has 0 saturated heterocycles. The molecule has 18 heavy (non-hydrogen) atoms. The molecule has 0 saturated carbocycles. The summed E-state index contributed by atoms with van der Waals surface area (Å²) in [5.74, 6) is 1.49. The Morgan fingerprint density at radius 2 is 2.28 bits per heavy atom. The molecule has 0 aliphatic carbocycles. The average molecular weight is 367 g/mol. The summed E-state index contributed by atoms with van der Waals surface area (Å²) in [4.78, 5) is 4.05. The van der Waals surface area contributed by atoms with Crippen LogP contribution in [0, 0.1) is 5.92 Å². The number of rotatable bonds is 6. The Kier molecular flexibility index (Phi) is 8.82. The number of furan rings is 1. The zero-order valence-corrected chi connectivity index (χ0v) is 13.1. The fraction of sp³-hybridized carbons (Fsp3) is 0.583. The number of hydrogen-bond donors (Lipinski definition) is 3. The number of aliphatic hydroxyl groups excluding tert-OH is 1. The second kappa shape index (κ2) is 9.21. The maximum absolute atomic E-state index is 9.69. The Labute approximate surface area is 125 Å². The van der Waals surface area contributed by atoms with Gasteiger partial charge in [0.15, 0.2) is 5.96 Å². The highest BCUT2D eigenvalue weighted by Crippen LogP contribution is 2.12. The van der Waals surface area contributed by atoms with Crippen molar-refractivity contribution < 1.29 is 9.52 Å². The maximum Gasteiger partial charge on any atom is 0.188 e. The molecule has 0 radical (unpaired) electrons. The fourth-order valence-corrected chi connectivity index (χ4v) is 1.30. The zero-order valence-electron chi connectivity index (χ0n) is 10.8. The number of nitrogens with one attached hydrogen (secondary N) is 1. The molecule has 1 aromatic rings. The van der Waals surface area contributed by atoms with E-state index >= 15 is 0 Å². The van der Waals surface area contributed by atoms with E-state index in [1.807, 2.05) is 0 Å². The van der Waals surface area contributed by atoms with Gasteiger partial charge in [0, 0.05) is 6.54 Å². The number of aliphatic hydroxyl groups is 1. The molecule has 4 N–H and O–H groups in total. The molecule has 0 bridgehead atoms. The molecule has 0 aliphatic heterocycles. The van der Waals surface area contributed by atoms with Crippen molar-refractivity contribution in [3.05, 3.63) is 24.2 Å². The first-order valence-corrected chi connectivity index (χ1v) is 5.85. The summed E-state index contributed by atoms with van der Waals surface area (Å²) in [5.41, 5.74) is 5.66. The minimum Gasteiger partial charge on any atom is -0.467 e. The van der Waals surface area contributed by atoms with Gasteiger partial charge in [-0.1, -0.05) is 13.8 Å². The van der Waals surface area contributed by atoms with Crippen LogP contribution >= 0.6 is 24.0 Å². The highest BCUT2D eigenvalue weighted by molar-refractivity contribution is 14.0. The van der Waals surface area contributed by atoms with Crippen molar-refractivity contribution in [2.45, 2.75) is 26.4 Å². The number of aliphatic imine (C=N–C) groups is 1. The molecule has 6 heteroatoms. The smallest absolute Gasteiger partial charge is 0.188 e. The SMILES string of the molecule is CC(C)CCNC(N)=NCC(O)c1ccco1.I. The topological polar surface area (TPSA) is 83.8 Å². The minimum absolute atomic E-state index is 0. The molecule has 0 aromatic carbocycles. The molecular formula is C12H22IN3O2. The Hall–Kier alpha value is -0.760. The normalized spacial score (nSPS) is 13.2. The molecule has 0 amide bonds. The van der Waals surface area contributed by atoms with Gasteiger partial charge in [-0.05, 0) is 24.5 Å². The van der Waals surface area contributed by atoms with Crippen LogP contribution in [0.1, 0.15) is 32.1 Å². The van der Waals surface area contributed by atoms with E-state index in [-0.39, 0.29) is 30.5 Å². The van der Waals surface area contributed by atoms with E-state index in [9.17, 15) is 5.11 Å². The maximum atomic E-state index is 9.69. The molecule has 1 heterocycles. The predicted octanol–water partition coefficient (Wildman–Crippen LogP) is 1.88. The van der Waals surface area contributed by atoms with Gasteiger partial charge in [-0.2, -0.15) is 0 Å². The lowest BCUT2D eigenvalue weighted by atomic mass is 10.1. The van der Waals surface area contributed by atoms with Crippen LogP contribution in [0.2, 0.25) is 0 Å². The summed E-state index contributed by atoms with van der Waals surface area (Å²) in [7, 11) is 0. The van der Waals surface area contributed by atoms with Gasteiger partial charge in [-0.3, -0.25) is 4.99 Å². The van der Waals surface area contributed by atoms with Gasteiger partial charge in [0.1, 0.15) is 11.9 Å².